The molecule has 132 valence electrons. The summed E-state index contributed by atoms with van der Waals surface area (Å²) >= 11 is 12.1. The third-order valence-corrected chi connectivity index (χ3v) is 4.41. The molecule has 2 atom stereocenters. The number of hydrogen-bond acceptors (Lipinski definition) is 3. The van der Waals surface area contributed by atoms with E-state index in [1.165, 1.54) is 4.90 Å². The minimum atomic E-state index is -1.02. The Morgan fingerprint density at radius 1 is 1.33 bits per heavy atom. The van der Waals surface area contributed by atoms with Crippen molar-refractivity contribution in [2.24, 2.45) is 5.92 Å². The number of halogens is 2. The Morgan fingerprint density at radius 2 is 2.00 bits per heavy atom. The summed E-state index contributed by atoms with van der Waals surface area (Å²) in [6, 6.07) is 4.36. The molecule has 0 radical (unpaired) electrons. The molecular formula is C17H21Cl2NO4. The molecule has 0 saturated carbocycles. The maximum absolute atomic E-state index is 12.3. The van der Waals surface area contributed by atoms with E-state index in [1.54, 1.807) is 32.9 Å². The molecule has 0 aromatic heterocycles. The van der Waals surface area contributed by atoms with Crippen molar-refractivity contribution in [3.8, 4) is 0 Å². The van der Waals surface area contributed by atoms with Crippen molar-refractivity contribution in [3.63, 3.8) is 0 Å². The number of amides is 1. The predicted octanol–water partition coefficient (Wildman–Crippen LogP) is 4.25. The van der Waals surface area contributed by atoms with Gasteiger partial charge in [0.05, 0.1) is 0 Å². The van der Waals surface area contributed by atoms with Gasteiger partial charge >= 0.3 is 12.1 Å². The molecule has 1 aromatic carbocycles. The van der Waals surface area contributed by atoms with Gasteiger partial charge in [0, 0.05) is 16.6 Å². The summed E-state index contributed by atoms with van der Waals surface area (Å²) in [5.74, 6) is -1.03. The first kappa shape index (κ1) is 18.9. The quantitative estimate of drug-likeness (QED) is 0.859. The van der Waals surface area contributed by atoms with Gasteiger partial charge in [-0.2, -0.15) is 0 Å². The lowest BCUT2D eigenvalue weighted by molar-refractivity contribution is -0.142. The van der Waals surface area contributed by atoms with E-state index >= 15 is 0 Å². The molecule has 1 fully saturated rings. The molecular weight excluding hydrogens is 353 g/mol. The van der Waals surface area contributed by atoms with Crippen LogP contribution >= 0.6 is 23.2 Å². The van der Waals surface area contributed by atoms with E-state index in [-0.39, 0.29) is 5.92 Å². The van der Waals surface area contributed by atoms with Gasteiger partial charge in [0.15, 0.2) is 0 Å². The number of carboxylic acids is 1. The van der Waals surface area contributed by atoms with Gasteiger partial charge in [-0.3, -0.25) is 4.90 Å². The zero-order chi connectivity index (χ0) is 18.1. The number of ether oxygens (including phenoxy) is 1. The first-order valence-electron chi connectivity index (χ1n) is 7.73. The van der Waals surface area contributed by atoms with Gasteiger partial charge in [-0.1, -0.05) is 29.3 Å². The predicted molar refractivity (Wildman–Crippen MR) is 92.6 cm³/mol. The molecule has 1 saturated heterocycles. The molecule has 5 nitrogen and oxygen atoms in total. The van der Waals surface area contributed by atoms with Crippen molar-refractivity contribution >= 4 is 35.3 Å². The number of carbonyl (C=O) groups excluding carboxylic acids is 1. The second-order valence-electron chi connectivity index (χ2n) is 7.03. The van der Waals surface area contributed by atoms with Crippen LogP contribution in [0.3, 0.4) is 0 Å². The summed E-state index contributed by atoms with van der Waals surface area (Å²) < 4.78 is 5.32. The van der Waals surface area contributed by atoms with Crippen LogP contribution in [0.4, 0.5) is 4.79 Å². The number of rotatable bonds is 3. The lowest BCUT2D eigenvalue weighted by Crippen LogP contribution is -2.43. The molecule has 0 spiro atoms. The fraction of sp³-hybridized carbons (Fsp3) is 0.529. The summed E-state index contributed by atoms with van der Waals surface area (Å²) in [4.78, 5) is 25.1. The number of carbonyl (C=O) groups is 2. The Labute approximate surface area is 151 Å². The molecule has 0 aliphatic carbocycles. The smallest absolute Gasteiger partial charge is 0.411 e. The molecule has 1 N–H and O–H groups in total. The lowest BCUT2D eigenvalue weighted by atomic mass is 9.97. The van der Waals surface area contributed by atoms with Crippen LogP contribution in [0.5, 0.6) is 0 Å². The number of likely N-dealkylation sites (tertiary alicyclic amines) is 1. The van der Waals surface area contributed by atoms with Crippen molar-refractivity contribution in [1.29, 1.82) is 0 Å². The topological polar surface area (TPSA) is 66.8 Å². The van der Waals surface area contributed by atoms with Gasteiger partial charge < -0.3 is 9.84 Å². The Bertz CT molecular complexity index is 642. The van der Waals surface area contributed by atoms with Gasteiger partial charge in [0.25, 0.3) is 0 Å². The van der Waals surface area contributed by atoms with Crippen molar-refractivity contribution in [3.05, 3.63) is 33.8 Å². The van der Waals surface area contributed by atoms with E-state index in [9.17, 15) is 14.7 Å². The molecule has 1 aliphatic heterocycles. The molecule has 0 unspecified atom stereocenters. The fourth-order valence-electron chi connectivity index (χ4n) is 2.83. The SMILES string of the molecule is CC(C)(C)OC(=O)N1C[C@@H](Cc2ccc(Cl)cc2Cl)C[C@@H]1C(=O)O. The van der Waals surface area contributed by atoms with Gasteiger partial charge in [0.1, 0.15) is 11.6 Å². The van der Waals surface area contributed by atoms with Gasteiger partial charge in [-0.15, -0.1) is 0 Å². The van der Waals surface area contributed by atoms with E-state index in [2.05, 4.69) is 0 Å². The third kappa shape index (κ3) is 4.77. The lowest BCUT2D eigenvalue weighted by Gasteiger charge is -2.26. The second kappa shape index (κ2) is 7.19. The van der Waals surface area contributed by atoms with E-state index in [0.717, 1.165) is 5.56 Å². The Balaban J connectivity index is 2.11. The minimum absolute atomic E-state index is 0.00251. The van der Waals surface area contributed by atoms with Gasteiger partial charge in [-0.05, 0) is 57.2 Å². The van der Waals surface area contributed by atoms with Crippen LogP contribution in [0.15, 0.2) is 18.2 Å². The first-order valence-corrected chi connectivity index (χ1v) is 8.49. The molecule has 1 heterocycles. The Kier molecular flexibility index (Phi) is 5.66. The third-order valence-electron chi connectivity index (χ3n) is 3.82. The first-order chi connectivity index (χ1) is 11.1. The fourth-order valence-corrected chi connectivity index (χ4v) is 3.31. The standard InChI is InChI=1S/C17H21Cl2NO4/c1-17(2,3)24-16(23)20-9-10(7-14(20)15(21)22)6-11-4-5-12(18)8-13(11)19/h4-5,8,10,14H,6-7,9H2,1-3H3,(H,21,22)/t10-,14+/m0/s1. The van der Waals surface area contributed by atoms with Crippen LogP contribution < -0.4 is 0 Å². The van der Waals surface area contributed by atoms with E-state index in [1.807, 2.05) is 6.07 Å². The molecule has 1 aliphatic rings. The maximum Gasteiger partial charge on any atom is 0.411 e. The highest BCUT2D eigenvalue weighted by Gasteiger charge is 2.41. The summed E-state index contributed by atoms with van der Waals surface area (Å²) in [5, 5.41) is 10.5. The van der Waals surface area contributed by atoms with Crippen LogP contribution in [0.1, 0.15) is 32.8 Å². The minimum Gasteiger partial charge on any atom is -0.480 e. The Morgan fingerprint density at radius 3 is 2.54 bits per heavy atom. The summed E-state index contributed by atoms with van der Waals surface area (Å²) in [6.07, 6.45) is 0.353. The van der Waals surface area contributed by atoms with Crippen LogP contribution in [0, 0.1) is 5.92 Å². The second-order valence-corrected chi connectivity index (χ2v) is 7.87. The van der Waals surface area contributed by atoms with Gasteiger partial charge in [0.2, 0.25) is 0 Å². The number of benzene rings is 1. The van der Waals surface area contributed by atoms with Crippen LogP contribution in [0.2, 0.25) is 10.0 Å². The van der Waals surface area contributed by atoms with E-state index in [0.29, 0.717) is 29.4 Å². The maximum atomic E-state index is 12.3. The van der Waals surface area contributed by atoms with Crippen molar-refractivity contribution in [1.82, 2.24) is 4.90 Å². The summed E-state index contributed by atoms with van der Waals surface area (Å²) in [5.41, 5.74) is 0.221. The summed E-state index contributed by atoms with van der Waals surface area (Å²) in [7, 11) is 0. The molecule has 2 rings (SSSR count). The zero-order valence-electron chi connectivity index (χ0n) is 13.9. The average Bonchev–Trinajstić information content (AvgIpc) is 2.84. The Hall–Kier alpha value is -1.46. The van der Waals surface area contributed by atoms with Crippen LogP contribution in [-0.2, 0) is 16.0 Å². The van der Waals surface area contributed by atoms with E-state index in [4.69, 9.17) is 27.9 Å². The largest absolute Gasteiger partial charge is 0.480 e. The van der Waals surface area contributed by atoms with Crippen molar-refractivity contribution in [2.45, 2.75) is 45.3 Å². The molecule has 7 heteroatoms. The number of carboxylic acid groups (broad SMARTS) is 1. The zero-order valence-corrected chi connectivity index (χ0v) is 15.4. The molecule has 1 amide bonds. The molecule has 1 aromatic rings. The van der Waals surface area contributed by atoms with Crippen molar-refractivity contribution < 1.29 is 19.4 Å². The normalized spacial score (nSPS) is 21.0. The van der Waals surface area contributed by atoms with Gasteiger partial charge in [-0.25, -0.2) is 9.59 Å². The summed E-state index contributed by atoms with van der Waals surface area (Å²) in [6.45, 7) is 5.58. The number of nitrogens with zero attached hydrogens (tertiary/aromatic N) is 1. The van der Waals surface area contributed by atoms with E-state index < -0.39 is 23.7 Å². The monoisotopic (exact) mass is 373 g/mol. The number of hydrogen-bond donors (Lipinski definition) is 1. The molecule has 0 bridgehead atoms. The van der Waals surface area contributed by atoms with Crippen LogP contribution in [0.25, 0.3) is 0 Å². The molecule has 24 heavy (non-hydrogen) atoms. The number of aliphatic carboxylic acids is 1. The van der Waals surface area contributed by atoms with Crippen molar-refractivity contribution in [2.75, 3.05) is 6.54 Å². The highest BCUT2D eigenvalue weighted by molar-refractivity contribution is 6.35. The average molecular weight is 374 g/mol. The van der Waals surface area contributed by atoms with Crippen LogP contribution in [-0.4, -0.2) is 40.3 Å². The highest BCUT2D eigenvalue weighted by Crippen LogP contribution is 2.31. The highest BCUT2D eigenvalue weighted by atomic mass is 35.5.